The average molecular weight is 177 g/mol. The van der Waals surface area contributed by atoms with E-state index < -0.39 is 5.60 Å². The minimum Gasteiger partial charge on any atom is -0.446 e. The lowest BCUT2D eigenvalue weighted by Gasteiger charge is -2.25. The van der Waals surface area contributed by atoms with E-state index in [9.17, 15) is 4.79 Å². The summed E-state index contributed by atoms with van der Waals surface area (Å²) in [6, 6.07) is 9.68. The topological polar surface area (TPSA) is 26.3 Å². The van der Waals surface area contributed by atoms with Crippen LogP contribution >= 0.6 is 0 Å². The highest BCUT2D eigenvalue weighted by atomic mass is 16.5. The maximum atomic E-state index is 10.2. The minimum atomic E-state index is -0.539. The van der Waals surface area contributed by atoms with Gasteiger partial charge in [-0.3, -0.25) is 0 Å². The lowest BCUT2D eigenvalue weighted by molar-refractivity contribution is 0.0635. The molecule has 0 aliphatic carbocycles. The second-order valence-corrected chi connectivity index (χ2v) is 3.14. The monoisotopic (exact) mass is 177 g/mol. The van der Waals surface area contributed by atoms with Crippen molar-refractivity contribution in [3.63, 3.8) is 0 Å². The Labute approximate surface area is 78.5 Å². The SMILES string of the molecule is CCC(C)(O[C]=O)c1ccccc1. The number of carbonyl (C=O) groups excluding carboxylic acids is 1. The van der Waals surface area contributed by atoms with E-state index in [2.05, 4.69) is 0 Å². The summed E-state index contributed by atoms with van der Waals surface area (Å²) < 4.78 is 4.96. The van der Waals surface area contributed by atoms with Gasteiger partial charge < -0.3 is 4.74 Å². The number of hydrogen-bond donors (Lipinski definition) is 0. The molecular formula is C11H13O2. The Morgan fingerprint density at radius 3 is 2.46 bits per heavy atom. The maximum absolute atomic E-state index is 10.2. The van der Waals surface area contributed by atoms with E-state index in [0.717, 1.165) is 12.0 Å². The summed E-state index contributed by atoms with van der Waals surface area (Å²) >= 11 is 0. The van der Waals surface area contributed by atoms with Crippen LogP contribution in [0.15, 0.2) is 30.3 Å². The first-order valence-corrected chi connectivity index (χ1v) is 4.33. The van der Waals surface area contributed by atoms with Gasteiger partial charge in [0, 0.05) is 0 Å². The van der Waals surface area contributed by atoms with Crippen LogP contribution in [0.3, 0.4) is 0 Å². The van der Waals surface area contributed by atoms with Crippen LogP contribution in [0.2, 0.25) is 0 Å². The fourth-order valence-corrected chi connectivity index (χ4v) is 1.22. The van der Waals surface area contributed by atoms with Crippen molar-refractivity contribution in [1.29, 1.82) is 0 Å². The molecule has 0 aromatic heterocycles. The van der Waals surface area contributed by atoms with E-state index >= 15 is 0 Å². The Kier molecular flexibility index (Phi) is 3.07. The second-order valence-electron chi connectivity index (χ2n) is 3.14. The molecular weight excluding hydrogens is 164 g/mol. The van der Waals surface area contributed by atoms with E-state index in [-0.39, 0.29) is 0 Å². The third kappa shape index (κ3) is 2.08. The molecule has 0 spiro atoms. The van der Waals surface area contributed by atoms with Gasteiger partial charge in [0.2, 0.25) is 0 Å². The van der Waals surface area contributed by atoms with Crippen molar-refractivity contribution in [2.24, 2.45) is 0 Å². The quantitative estimate of drug-likeness (QED) is 0.705. The van der Waals surface area contributed by atoms with Crippen molar-refractivity contribution in [2.45, 2.75) is 25.9 Å². The molecule has 0 fully saturated rings. The van der Waals surface area contributed by atoms with Crippen LogP contribution in [-0.2, 0) is 15.1 Å². The van der Waals surface area contributed by atoms with E-state index in [4.69, 9.17) is 4.74 Å². The molecule has 0 saturated carbocycles. The van der Waals surface area contributed by atoms with Gasteiger partial charge in [0.05, 0.1) is 0 Å². The Morgan fingerprint density at radius 1 is 1.38 bits per heavy atom. The summed E-state index contributed by atoms with van der Waals surface area (Å²) in [4.78, 5) is 10.2. The molecule has 1 aromatic carbocycles. The van der Waals surface area contributed by atoms with Gasteiger partial charge in [-0.15, -0.1) is 0 Å². The molecule has 1 rings (SSSR count). The lowest BCUT2D eigenvalue weighted by atomic mass is 9.93. The van der Waals surface area contributed by atoms with Gasteiger partial charge in [-0.1, -0.05) is 37.3 Å². The lowest BCUT2D eigenvalue weighted by Crippen LogP contribution is -2.24. The van der Waals surface area contributed by atoms with Crippen LogP contribution in [0.1, 0.15) is 25.8 Å². The zero-order chi connectivity index (χ0) is 9.73. The van der Waals surface area contributed by atoms with E-state index in [1.165, 1.54) is 6.47 Å². The van der Waals surface area contributed by atoms with E-state index in [1.807, 2.05) is 44.2 Å². The number of hydrogen-bond acceptors (Lipinski definition) is 2. The van der Waals surface area contributed by atoms with Crippen LogP contribution in [0.4, 0.5) is 0 Å². The zero-order valence-electron chi connectivity index (χ0n) is 7.91. The molecule has 0 N–H and O–H groups in total. The van der Waals surface area contributed by atoms with E-state index in [0.29, 0.717) is 0 Å². The normalized spacial score (nSPS) is 14.6. The molecule has 13 heavy (non-hydrogen) atoms. The molecule has 1 radical (unpaired) electrons. The summed E-state index contributed by atoms with van der Waals surface area (Å²) in [7, 11) is 0. The van der Waals surface area contributed by atoms with Crippen molar-refractivity contribution < 1.29 is 9.53 Å². The van der Waals surface area contributed by atoms with Crippen LogP contribution in [0, 0.1) is 0 Å². The average Bonchev–Trinajstić information content (AvgIpc) is 2.19. The van der Waals surface area contributed by atoms with E-state index in [1.54, 1.807) is 0 Å². The van der Waals surface area contributed by atoms with Gasteiger partial charge in [-0.05, 0) is 18.9 Å². The van der Waals surface area contributed by atoms with Crippen molar-refractivity contribution in [3.8, 4) is 0 Å². The summed E-state index contributed by atoms with van der Waals surface area (Å²) in [5.41, 5.74) is 0.462. The maximum Gasteiger partial charge on any atom is 0.418 e. The van der Waals surface area contributed by atoms with Gasteiger partial charge in [-0.2, -0.15) is 0 Å². The molecule has 2 heteroatoms. The molecule has 0 heterocycles. The molecule has 0 bridgehead atoms. The molecule has 1 aromatic rings. The first-order chi connectivity index (χ1) is 6.23. The molecule has 1 atom stereocenters. The van der Waals surface area contributed by atoms with Gasteiger partial charge in [0.15, 0.2) is 0 Å². The third-order valence-electron chi connectivity index (χ3n) is 2.33. The zero-order valence-corrected chi connectivity index (χ0v) is 7.91. The number of benzene rings is 1. The molecule has 1 unspecified atom stereocenters. The number of rotatable bonds is 4. The summed E-state index contributed by atoms with van der Waals surface area (Å²) in [6.07, 6.45) is 0.742. The van der Waals surface area contributed by atoms with Crippen LogP contribution in [0.5, 0.6) is 0 Å². The van der Waals surface area contributed by atoms with Crippen LogP contribution < -0.4 is 0 Å². The summed E-state index contributed by atoms with van der Waals surface area (Å²) in [5, 5.41) is 0. The van der Waals surface area contributed by atoms with Crippen LogP contribution in [-0.4, -0.2) is 6.47 Å². The number of ether oxygens (including phenoxy) is 1. The molecule has 0 aliphatic heterocycles. The largest absolute Gasteiger partial charge is 0.446 e. The first-order valence-electron chi connectivity index (χ1n) is 4.33. The third-order valence-corrected chi connectivity index (χ3v) is 2.33. The fourth-order valence-electron chi connectivity index (χ4n) is 1.22. The minimum absolute atomic E-state index is 0.539. The summed E-state index contributed by atoms with van der Waals surface area (Å²) in [6.45, 7) is 5.37. The highest BCUT2D eigenvalue weighted by Crippen LogP contribution is 2.27. The predicted molar refractivity (Wildman–Crippen MR) is 50.9 cm³/mol. The van der Waals surface area contributed by atoms with Crippen molar-refractivity contribution in [2.75, 3.05) is 0 Å². The molecule has 0 amide bonds. The second kappa shape index (κ2) is 4.08. The van der Waals surface area contributed by atoms with Gasteiger partial charge >= 0.3 is 6.47 Å². The van der Waals surface area contributed by atoms with Crippen molar-refractivity contribution >= 4 is 6.47 Å². The summed E-state index contributed by atoms with van der Waals surface area (Å²) in [5.74, 6) is 0. The Morgan fingerprint density at radius 2 is 2.00 bits per heavy atom. The van der Waals surface area contributed by atoms with Gasteiger partial charge in [0.1, 0.15) is 5.60 Å². The highest BCUT2D eigenvalue weighted by molar-refractivity contribution is 5.41. The van der Waals surface area contributed by atoms with Crippen molar-refractivity contribution in [1.82, 2.24) is 0 Å². The molecule has 69 valence electrons. The smallest absolute Gasteiger partial charge is 0.418 e. The van der Waals surface area contributed by atoms with Crippen LogP contribution in [0.25, 0.3) is 0 Å². The Bertz CT molecular complexity index is 269. The molecule has 0 aliphatic rings. The van der Waals surface area contributed by atoms with Gasteiger partial charge in [-0.25, -0.2) is 4.79 Å². The highest BCUT2D eigenvalue weighted by Gasteiger charge is 2.25. The Hall–Kier alpha value is -1.31. The van der Waals surface area contributed by atoms with Crippen molar-refractivity contribution in [3.05, 3.63) is 35.9 Å². The predicted octanol–water partition coefficient (Wildman–Crippen LogP) is 2.40. The standard InChI is InChI=1S/C11H13O2/c1-3-11(2,13-9-12)10-7-5-4-6-8-10/h4-8H,3H2,1-2H3. The fraction of sp³-hybridized carbons (Fsp3) is 0.364. The van der Waals surface area contributed by atoms with Gasteiger partial charge in [0.25, 0.3) is 0 Å². The Balaban J connectivity index is 2.95. The molecule has 2 nitrogen and oxygen atoms in total. The first kappa shape index (κ1) is 9.78. The molecule has 0 saturated heterocycles.